The lowest BCUT2D eigenvalue weighted by Gasteiger charge is -2.03. The number of carbonyl (C=O) groups is 1. The zero-order valence-corrected chi connectivity index (χ0v) is 9.45. The number of nitrogens with one attached hydrogen (secondary N) is 1. The summed E-state index contributed by atoms with van der Waals surface area (Å²) in [6, 6.07) is 0. The van der Waals surface area contributed by atoms with E-state index in [1.54, 1.807) is 6.33 Å². The summed E-state index contributed by atoms with van der Waals surface area (Å²) in [5, 5.41) is 0. The van der Waals surface area contributed by atoms with Gasteiger partial charge >= 0.3 is 5.97 Å². The molecular formula is C9H10N4O2S. The van der Waals surface area contributed by atoms with Gasteiger partial charge in [-0.1, -0.05) is 12.2 Å². The molecule has 0 spiro atoms. The van der Waals surface area contributed by atoms with Gasteiger partial charge in [-0.2, -0.15) is 0 Å². The molecule has 0 saturated heterocycles. The predicted octanol–water partition coefficient (Wildman–Crippen LogP) is 1.05. The molecule has 2 aromatic heterocycles. The molecule has 0 amide bonds. The van der Waals surface area contributed by atoms with Crippen molar-refractivity contribution in [3.05, 3.63) is 17.3 Å². The smallest absolute Gasteiger partial charge is 0.302 e. The van der Waals surface area contributed by atoms with Crippen molar-refractivity contribution in [2.75, 3.05) is 6.61 Å². The molecule has 84 valence electrons. The van der Waals surface area contributed by atoms with Gasteiger partial charge in [0.15, 0.2) is 4.64 Å². The summed E-state index contributed by atoms with van der Waals surface area (Å²) in [4.78, 5) is 21.6. The van der Waals surface area contributed by atoms with Crippen LogP contribution in [0.2, 0.25) is 0 Å². The Labute approximate surface area is 96.3 Å². The van der Waals surface area contributed by atoms with E-state index in [4.69, 9.17) is 17.0 Å². The van der Waals surface area contributed by atoms with Crippen LogP contribution in [0.25, 0.3) is 11.2 Å². The number of fused-ring (bicyclic) bond motifs is 1. The van der Waals surface area contributed by atoms with Gasteiger partial charge in [-0.3, -0.25) is 4.79 Å². The molecule has 0 atom stereocenters. The number of carbonyl (C=O) groups excluding carboxylic acids is 1. The maximum atomic E-state index is 10.6. The van der Waals surface area contributed by atoms with Crippen LogP contribution in [0.3, 0.4) is 0 Å². The topological polar surface area (TPSA) is 72.8 Å². The Morgan fingerprint density at radius 3 is 3.19 bits per heavy atom. The lowest BCUT2D eigenvalue weighted by atomic mass is 10.5. The number of aromatic amines is 1. The van der Waals surface area contributed by atoms with Gasteiger partial charge in [0.25, 0.3) is 0 Å². The Bertz CT molecular complexity index is 574. The summed E-state index contributed by atoms with van der Waals surface area (Å²) in [7, 11) is 0. The number of rotatable bonds is 3. The second-order valence-electron chi connectivity index (χ2n) is 3.18. The van der Waals surface area contributed by atoms with E-state index in [1.807, 2.05) is 4.57 Å². The highest BCUT2D eigenvalue weighted by Crippen LogP contribution is 2.08. The molecule has 2 aromatic rings. The van der Waals surface area contributed by atoms with Crippen molar-refractivity contribution in [1.82, 2.24) is 19.5 Å². The average Bonchev–Trinajstić information content (AvgIpc) is 2.63. The first-order valence-electron chi connectivity index (χ1n) is 4.70. The molecule has 16 heavy (non-hydrogen) atoms. The second-order valence-corrected chi connectivity index (χ2v) is 3.57. The van der Waals surface area contributed by atoms with Gasteiger partial charge in [0, 0.05) is 6.92 Å². The Kier molecular flexibility index (Phi) is 2.95. The second kappa shape index (κ2) is 4.40. The van der Waals surface area contributed by atoms with Gasteiger partial charge in [-0.25, -0.2) is 9.97 Å². The van der Waals surface area contributed by atoms with Crippen LogP contribution in [0.5, 0.6) is 0 Å². The molecule has 1 N–H and O–H groups in total. The van der Waals surface area contributed by atoms with Gasteiger partial charge in [0.05, 0.1) is 19.2 Å². The Morgan fingerprint density at radius 2 is 2.44 bits per heavy atom. The molecule has 7 heteroatoms. The van der Waals surface area contributed by atoms with Crippen LogP contribution >= 0.6 is 12.2 Å². The van der Waals surface area contributed by atoms with Crippen molar-refractivity contribution in [2.45, 2.75) is 13.5 Å². The first-order valence-corrected chi connectivity index (χ1v) is 5.11. The van der Waals surface area contributed by atoms with Crippen molar-refractivity contribution in [2.24, 2.45) is 0 Å². The molecule has 0 fully saturated rings. The number of ether oxygens (including phenoxy) is 1. The van der Waals surface area contributed by atoms with E-state index in [0.29, 0.717) is 23.3 Å². The minimum atomic E-state index is -0.293. The monoisotopic (exact) mass is 238 g/mol. The number of hydrogen-bond donors (Lipinski definition) is 1. The number of imidazole rings is 1. The molecule has 0 radical (unpaired) electrons. The van der Waals surface area contributed by atoms with Crippen molar-refractivity contribution in [3.63, 3.8) is 0 Å². The van der Waals surface area contributed by atoms with E-state index in [9.17, 15) is 4.79 Å². The van der Waals surface area contributed by atoms with Gasteiger partial charge in [0.2, 0.25) is 0 Å². The number of hydrogen-bond acceptors (Lipinski definition) is 5. The number of H-pyrrole nitrogens is 1. The van der Waals surface area contributed by atoms with E-state index in [-0.39, 0.29) is 5.97 Å². The van der Waals surface area contributed by atoms with Crippen LogP contribution in [-0.4, -0.2) is 32.1 Å². The number of esters is 1. The highest BCUT2D eigenvalue weighted by molar-refractivity contribution is 7.71. The molecule has 0 unspecified atom stereocenters. The zero-order chi connectivity index (χ0) is 11.5. The zero-order valence-electron chi connectivity index (χ0n) is 8.64. The van der Waals surface area contributed by atoms with E-state index >= 15 is 0 Å². The lowest BCUT2D eigenvalue weighted by Crippen LogP contribution is -2.08. The number of nitrogens with zero attached hydrogens (tertiary/aromatic N) is 3. The highest BCUT2D eigenvalue weighted by Gasteiger charge is 2.04. The van der Waals surface area contributed by atoms with Gasteiger partial charge in [-0.15, -0.1) is 0 Å². The minimum absolute atomic E-state index is 0.293. The fourth-order valence-corrected chi connectivity index (χ4v) is 1.56. The Hall–Kier alpha value is -1.76. The number of aromatic nitrogens is 4. The summed E-state index contributed by atoms with van der Waals surface area (Å²) in [5.41, 5.74) is 1.44. The van der Waals surface area contributed by atoms with Crippen LogP contribution < -0.4 is 0 Å². The fourth-order valence-electron chi connectivity index (χ4n) is 1.36. The first kappa shape index (κ1) is 10.7. The highest BCUT2D eigenvalue weighted by atomic mass is 32.1. The van der Waals surface area contributed by atoms with Crippen molar-refractivity contribution < 1.29 is 9.53 Å². The predicted molar refractivity (Wildman–Crippen MR) is 59.3 cm³/mol. The fraction of sp³-hybridized carbons (Fsp3) is 0.333. The summed E-state index contributed by atoms with van der Waals surface area (Å²) < 4.78 is 7.14. The summed E-state index contributed by atoms with van der Waals surface area (Å²) >= 11 is 5.03. The normalized spacial score (nSPS) is 10.6. The lowest BCUT2D eigenvalue weighted by molar-refractivity contribution is -0.141. The third-order valence-corrected chi connectivity index (χ3v) is 2.36. The molecule has 2 heterocycles. The summed E-state index contributed by atoms with van der Waals surface area (Å²) in [6.45, 7) is 2.22. The van der Waals surface area contributed by atoms with Crippen molar-refractivity contribution in [1.29, 1.82) is 0 Å². The van der Waals surface area contributed by atoms with Crippen molar-refractivity contribution in [3.8, 4) is 0 Å². The van der Waals surface area contributed by atoms with E-state index in [0.717, 1.165) is 5.65 Å². The van der Waals surface area contributed by atoms with Gasteiger partial charge in [0.1, 0.15) is 17.8 Å². The first-order chi connectivity index (χ1) is 7.68. The molecule has 2 rings (SSSR count). The average molecular weight is 238 g/mol. The SMILES string of the molecule is CC(=O)OCCn1cnc2c(=S)nc[nH]c21. The van der Waals surface area contributed by atoms with Crippen LogP contribution in [0.4, 0.5) is 0 Å². The molecule has 0 aliphatic rings. The molecule has 0 aromatic carbocycles. The Morgan fingerprint density at radius 1 is 1.62 bits per heavy atom. The molecule has 0 aliphatic carbocycles. The quantitative estimate of drug-likeness (QED) is 0.639. The maximum Gasteiger partial charge on any atom is 0.302 e. The van der Waals surface area contributed by atoms with E-state index in [2.05, 4.69) is 15.0 Å². The minimum Gasteiger partial charge on any atom is -0.464 e. The van der Waals surface area contributed by atoms with E-state index in [1.165, 1.54) is 13.3 Å². The molecule has 0 saturated carbocycles. The molecule has 6 nitrogen and oxygen atoms in total. The van der Waals surface area contributed by atoms with Crippen LogP contribution in [0.1, 0.15) is 6.92 Å². The van der Waals surface area contributed by atoms with E-state index < -0.39 is 0 Å². The maximum absolute atomic E-state index is 10.6. The summed E-state index contributed by atoms with van der Waals surface area (Å²) in [6.07, 6.45) is 3.16. The third-order valence-electron chi connectivity index (χ3n) is 2.06. The molecule has 0 aliphatic heterocycles. The third kappa shape index (κ3) is 2.08. The summed E-state index contributed by atoms with van der Waals surface area (Å²) in [5.74, 6) is -0.293. The molecule has 0 bridgehead atoms. The molecular weight excluding hydrogens is 228 g/mol. The Balaban J connectivity index is 2.22. The standard InChI is InChI=1S/C9H10N4O2S/c1-6(14)15-3-2-13-5-12-7-8(13)10-4-11-9(7)16/h4-5H,2-3H2,1H3,(H,10,11,16). The van der Waals surface area contributed by atoms with Crippen LogP contribution in [0.15, 0.2) is 12.7 Å². The van der Waals surface area contributed by atoms with Crippen LogP contribution in [0, 0.1) is 4.64 Å². The van der Waals surface area contributed by atoms with Gasteiger partial charge in [-0.05, 0) is 0 Å². The van der Waals surface area contributed by atoms with Crippen LogP contribution in [-0.2, 0) is 16.1 Å². The van der Waals surface area contributed by atoms with Crippen molar-refractivity contribution >= 4 is 29.4 Å². The largest absolute Gasteiger partial charge is 0.464 e. The van der Waals surface area contributed by atoms with Gasteiger partial charge < -0.3 is 14.3 Å².